The van der Waals surface area contributed by atoms with Gasteiger partial charge in [0.15, 0.2) is 0 Å². The molecule has 100 valence electrons. The van der Waals surface area contributed by atoms with Gasteiger partial charge in [-0.25, -0.2) is 0 Å². The molecule has 2 heteroatoms. The molecule has 0 aliphatic rings. The molecule has 0 bridgehead atoms. The molecule has 0 aromatic heterocycles. The molecule has 1 aromatic rings. The van der Waals surface area contributed by atoms with Crippen LogP contribution < -0.4 is 5.32 Å². The highest BCUT2D eigenvalue weighted by atomic mass is 79.9. The van der Waals surface area contributed by atoms with Crippen molar-refractivity contribution in [1.82, 2.24) is 5.32 Å². The zero-order valence-electron chi connectivity index (χ0n) is 11.7. The minimum absolute atomic E-state index is 0.429. The summed E-state index contributed by atoms with van der Waals surface area (Å²) in [5.41, 5.74) is 3.90. The van der Waals surface area contributed by atoms with E-state index in [-0.39, 0.29) is 0 Å². The molecular weight excluding hydrogens is 286 g/mol. The Morgan fingerprint density at radius 3 is 2.72 bits per heavy atom. The first kappa shape index (κ1) is 15.5. The number of rotatable bonds is 7. The molecule has 1 N–H and O–H groups in total. The number of benzene rings is 1. The smallest absolute Gasteiger partial charge is 0.0323 e. The van der Waals surface area contributed by atoms with Gasteiger partial charge in [-0.1, -0.05) is 40.6 Å². The number of hydrogen-bond donors (Lipinski definition) is 1. The van der Waals surface area contributed by atoms with Crippen molar-refractivity contribution in [2.45, 2.75) is 46.1 Å². The van der Waals surface area contributed by atoms with E-state index in [1.165, 1.54) is 21.2 Å². The van der Waals surface area contributed by atoms with Crippen molar-refractivity contribution in [3.63, 3.8) is 0 Å². The average molecular weight is 310 g/mol. The summed E-state index contributed by atoms with van der Waals surface area (Å²) in [6, 6.07) is 7.08. The molecule has 0 amide bonds. The highest BCUT2D eigenvalue weighted by Gasteiger charge is 2.11. The Hall–Kier alpha value is -0.600. The molecule has 0 heterocycles. The summed E-state index contributed by atoms with van der Waals surface area (Å²) >= 11 is 3.62. The molecule has 1 nitrogen and oxygen atoms in total. The third-order valence-corrected chi connectivity index (χ3v) is 3.95. The SMILES string of the molecule is C=C(C)CCC(NCCC)c1ccc(C)c(Br)c1. The maximum Gasteiger partial charge on any atom is 0.0323 e. The molecule has 0 saturated carbocycles. The van der Waals surface area contributed by atoms with Gasteiger partial charge in [0.1, 0.15) is 0 Å². The molecule has 1 rings (SSSR count). The summed E-state index contributed by atoms with van der Waals surface area (Å²) < 4.78 is 1.19. The van der Waals surface area contributed by atoms with Crippen LogP contribution in [0.1, 0.15) is 50.3 Å². The Kier molecular flexibility index (Phi) is 6.66. The van der Waals surface area contributed by atoms with Crippen molar-refractivity contribution in [1.29, 1.82) is 0 Å². The van der Waals surface area contributed by atoms with Gasteiger partial charge in [0.05, 0.1) is 0 Å². The fraction of sp³-hybridized carbons (Fsp3) is 0.500. The van der Waals surface area contributed by atoms with Crippen molar-refractivity contribution in [3.8, 4) is 0 Å². The van der Waals surface area contributed by atoms with E-state index in [9.17, 15) is 0 Å². The summed E-state index contributed by atoms with van der Waals surface area (Å²) in [5, 5.41) is 3.63. The number of aryl methyl sites for hydroxylation is 1. The molecule has 1 unspecified atom stereocenters. The second-order valence-electron chi connectivity index (χ2n) is 5.01. The van der Waals surface area contributed by atoms with Crippen LogP contribution >= 0.6 is 15.9 Å². The van der Waals surface area contributed by atoms with E-state index < -0.39 is 0 Å². The van der Waals surface area contributed by atoms with Gasteiger partial charge in [-0.05, 0) is 56.8 Å². The van der Waals surface area contributed by atoms with Gasteiger partial charge >= 0.3 is 0 Å². The lowest BCUT2D eigenvalue weighted by Crippen LogP contribution is -2.22. The number of allylic oxidation sites excluding steroid dienone is 1. The third-order valence-electron chi connectivity index (χ3n) is 3.10. The van der Waals surface area contributed by atoms with E-state index in [0.29, 0.717) is 6.04 Å². The molecule has 0 saturated heterocycles. The first-order valence-corrected chi connectivity index (χ1v) is 7.47. The summed E-state index contributed by atoms with van der Waals surface area (Å²) in [4.78, 5) is 0. The third kappa shape index (κ3) is 4.95. The Labute approximate surface area is 120 Å². The van der Waals surface area contributed by atoms with Crippen LogP contribution in [0, 0.1) is 6.92 Å². The second kappa shape index (κ2) is 7.75. The zero-order valence-corrected chi connectivity index (χ0v) is 13.3. The van der Waals surface area contributed by atoms with Crippen LogP contribution in [0.3, 0.4) is 0 Å². The van der Waals surface area contributed by atoms with Gasteiger partial charge in [-0.3, -0.25) is 0 Å². The van der Waals surface area contributed by atoms with Crippen molar-refractivity contribution in [3.05, 3.63) is 46.0 Å². The van der Waals surface area contributed by atoms with Gasteiger partial charge in [0, 0.05) is 10.5 Å². The molecule has 0 aliphatic heterocycles. The maximum atomic E-state index is 4.00. The van der Waals surface area contributed by atoms with Crippen molar-refractivity contribution in [2.24, 2.45) is 0 Å². The Balaban J connectivity index is 2.79. The van der Waals surface area contributed by atoms with Gasteiger partial charge in [-0.15, -0.1) is 6.58 Å². The van der Waals surface area contributed by atoms with E-state index in [0.717, 1.165) is 25.8 Å². The monoisotopic (exact) mass is 309 g/mol. The zero-order chi connectivity index (χ0) is 13.5. The van der Waals surface area contributed by atoms with Gasteiger partial charge in [-0.2, -0.15) is 0 Å². The van der Waals surface area contributed by atoms with Crippen LogP contribution in [-0.2, 0) is 0 Å². The molecule has 1 atom stereocenters. The number of halogens is 1. The van der Waals surface area contributed by atoms with Crippen molar-refractivity contribution in [2.75, 3.05) is 6.54 Å². The molecule has 1 aromatic carbocycles. The Bertz CT molecular complexity index is 398. The van der Waals surface area contributed by atoms with Crippen molar-refractivity contribution >= 4 is 15.9 Å². The summed E-state index contributed by atoms with van der Waals surface area (Å²) in [7, 11) is 0. The van der Waals surface area contributed by atoms with Gasteiger partial charge in [0.25, 0.3) is 0 Å². The predicted molar refractivity (Wildman–Crippen MR) is 84.0 cm³/mol. The van der Waals surface area contributed by atoms with Gasteiger partial charge in [0.2, 0.25) is 0 Å². The first-order chi connectivity index (χ1) is 8.54. The minimum atomic E-state index is 0.429. The predicted octanol–water partition coefficient (Wildman–Crippen LogP) is 5.15. The average Bonchev–Trinajstić information content (AvgIpc) is 2.33. The lowest BCUT2D eigenvalue weighted by Gasteiger charge is -2.20. The highest BCUT2D eigenvalue weighted by Crippen LogP contribution is 2.25. The standard InChI is InChI=1S/C16H24BrN/c1-5-10-18-16(9-6-12(2)3)14-8-7-13(4)15(17)11-14/h7-8,11,16,18H,2,5-6,9-10H2,1,3-4H3. The van der Waals surface area contributed by atoms with E-state index >= 15 is 0 Å². The van der Waals surface area contributed by atoms with Crippen LogP contribution in [0.5, 0.6) is 0 Å². The van der Waals surface area contributed by atoms with E-state index in [1.807, 2.05) is 0 Å². The topological polar surface area (TPSA) is 12.0 Å². The van der Waals surface area contributed by atoms with E-state index in [4.69, 9.17) is 0 Å². The number of hydrogen-bond acceptors (Lipinski definition) is 1. The summed E-state index contributed by atoms with van der Waals surface area (Å²) in [5.74, 6) is 0. The molecule has 0 fully saturated rings. The van der Waals surface area contributed by atoms with Crippen LogP contribution in [-0.4, -0.2) is 6.54 Å². The first-order valence-electron chi connectivity index (χ1n) is 6.68. The minimum Gasteiger partial charge on any atom is -0.310 e. The normalized spacial score (nSPS) is 12.4. The summed E-state index contributed by atoms with van der Waals surface area (Å²) in [6.45, 7) is 11.5. The second-order valence-corrected chi connectivity index (χ2v) is 5.87. The highest BCUT2D eigenvalue weighted by molar-refractivity contribution is 9.10. The summed E-state index contributed by atoms with van der Waals surface area (Å²) in [6.07, 6.45) is 3.36. The lowest BCUT2D eigenvalue weighted by molar-refractivity contribution is 0.498. The van der Waals surface area contributed by atoms with E-state index in [2.05, 4.69) is 66.8 Å². The maximum absolute atomic E-state index is 4.00. The van der Waals surface area contributed by atoms with Gasteiger partial charge < -0.3 is 5.32 Å². The molecule has 0 aliphatic carbocycles. The van der Waals surface area contributed by atoms with Crippen LogP contribution in [0.4, 0.5) is 0 Å². The Morgan fingerprint density at radius 1 is 1.44 bits per heavy atom. The van der Waals surface area contributed by atoms with Crippen LogP contribution in [0.25, 0.3) is 0 Å². The molecule has 18 heavy (non-hydrogen) atoms. The molecule has 0 radical (unpaired) electrons. The van der Waals surface area contributed by atoms with Crippen LogP contribution in [0.2, 0.25) is 0 Å². The van der Waals surface area contributed by atoms with Crippen molar-refractivity contribution < 1.29 is 0 Å². The molecule has 0 spiro atoms. The molecular formula is C16H24BrN. The fourth-order valence-electron chi connectivity index (χ4n) is 1.92. The quantitative estimate of drug-likeness (QED) is 0.686. The van der Waals surface area contributed by atoms with E-state index in [1.54, 1.807) is 0 Å². The Morgan fingerprint density at radius 2 is 2.17 bits per heavy atom. The fourth-order valence-corrected chi connectivity index (χ4v) is 2.32. The lowest BCUT2D eigenvalue weighted by atomic mass is 9.99. The van der Waals surface area contributed by atoms with Crippen LogP contribution in [0.15, 0.2) is 34.8 Å². The number of nitrogens with one attached hydrogen (secondary N) is 1. The largest absolute Gasteiger partial charge is 0.310 e.